The molecule has 24 heavy (non-hydrogen) atoms. The van der Waals surface area contributed by atoms with Crippen molar-refractivity contribution in [2.24, 2.45) is 11.3 Å². The Kier molecular flexibility index (Phi) is 3.22. The van der Waals surface area contributed by atoms with Gasteiger partial charge in [0.2, 0.25) is 0 Å². The van der Waals surface area contributed by atoms with Gasteiger partial charge in [-0.15, -0.1) is 11.6 Å². The molecule has 1 spiro atoms. The number of piperidine rings is 1. The van der Waals surface area contributed by atoms with Gasteiger partial charge in [-0.05, 0) is 44.0 Å². The normalized spacial score (nSPS) is 51.9. The van der Waals surface area contributed by atoms with Crippen LogP contribution in [-0.2, 0) is 4.74 Å². The molecule has 2 heterocycles. The molecule has 0 amide bonds. The van der Waals surface area contributed by atoms with Crippen LogP contribution in [-0.4, -0.2) is 64.5 Å². The van der Waals surface area contributed by atoms with Crippen molar-refractivity contribution in [3.8, 4) is 0 Å². The zero-order chi connectivity index (χ0) is 16.7. The fraction of sp³-hybridized carbons (Fsp3) is 0.684. The molecule has 2 aliphatic heterocycles. The van der Waals surface area contributed by atoms with E-state index < -0.39 is 17.8 Å². The second kappa shape index (κ2) is 4.95. The smallest absolute Gasteiger partial charge is 0.121 e. The molecule has 0 radical (unpaired) electrons. The maximum atomic E-state index is 10.9. The fourth-order valence-corrected chi connectivity index (χ4v) is 6.54. The summed E-state index contributed by atoms with van der Waals surface area (Å²) in [6.07, 6.45) is 8.96. The van der Waals surface area contributed by atoms with Crippen LogP contribution >= 0.6 is 11.6 Å². The lowest BCUT2D eigenvalue weighted by atomic mass is 9.50. The number of hydrogen-bond acceptors (Lipinski definition) is 4. The van der Waals surface area contributed by atoms with E-state index in [0.29, 0.717) is 24.3 Å². The maximum Gasteiger partial charge on any atom is 0.121 e. The van der Waals surface area contributed by atoms with Crippen LogP contribution in [0.15, 0.2) is 35.5 Å². The minimum Gasteiger partial charge on any atom is -0.386 e. The highest BCUT2D eigenvalue weighted by atomic mass is 35.5. The number of nitrogens with zero attached hydrogens (tertiary/aromatic N) is 1. The molecule has 130 valence electrons. The van der Waals surface area contributed by atoms with Gasteiger partial charge in [-0.3, -0.25) is 0 Å². The number of halogens is 1. The Bertz CT molecular complexity index is 674. The molecular weight excluding hydrogens is 326 g/mol. The molecule has 2 bridgehead atoms. The highest BCUT2D eigenvalue weighted by Crippen LogP contribution is 2.67. The Morgan fingerprint density at radius 3 is 2.96 bits per heavy atom. The van der Waals surface area contributed by atoms with Gasteiger partial charge in [-0.25, -0.2) is 0 Å². The van der Waals surface area contributed by atoms with Crippen molar-refractivity contribution in [2.75, 3.05) is 19.5 Å². The van der Waals surface area contributed by atoms with Crippen LogP contribution in [0.4, 0.5) is 0 Å². The molecule has 2 saturated heterocycles. The first-order valence-electron chi connectivity index (χ1n) is 8.95. The zero-order valence-electron chi connectivity index (χ0n) is 13.9. The largest absolute Gasteiger partial charge is 0.386 e. The second-order valence-corrected chi connectivity index (χ2v) is 8.39. The molecule has 2 unspecified atom stereocenters. The van der Waals surface area contributed by atoms with Gasteiger partial charge in [0.25, 0.3) is 0 Å². The Morgan fingerprint density at radius 2 is 2.17 bits per heavy atom. The molecule has 0 aromatic heterocycles. The Hall–Kier alpha value is -0.650. The summed E-state index contributed by atoms with van der Waals surface area (Å²) in [7, 11) is 2.19. The van der Waals surface area contributed by atoms with Gasteiger partial charge in [-0.1, -0.05) is 24.3 Å². The third-order valence-corrected chi connectivity index (χ3v) is 7.38. The van der Waals surface area contributed by atoms with E-state index >= 15 is 0 Å². The Morgan fingerprint density at radius 1 is 1.33 bits per heavy atom. The van der Waals surface area contributed by atoms with Crippen molar-refractivity contribution in [3.05, 3.63) is 35.5 Å². The highest BCUT2D eigenvalue weighted by Gasteiger charge is 2.70. The van der Waals surface area contributed by atoms with Gasteiger partial charge >= 0.3 is 0 Å². The molecule has 2 fully saturated rings. The van der Waals surface area contributed by atoms with E-state index in [2.05, 4.69) is 24.1 Å². The molecule has 5 rings (SSSR count). The first-order valence-corrected chi connectivity index (χ1v) is 9.49. The number of aliphatic hydroxyl groups is 2. The molecule has 7 atom stereocenters. The predicted octanol–water partition coefficient (Wildman–Crippen LogP) is 1.62. The molecule has 0 aromatic rings. The molecule has 0 saturated carbocycles. The van der Waals surface area contributed by atoms with Crippen LogP contribution in [0.2, 0.25) is 0 Å². The first-order chi connectivity index (χ1) is 11.5. The van der Waals surface area contributed by atoms with Crippen molar-refractivity contribution >= 4 is 11.6 Å². The average molecular weight is 350 g/mol. The Labute approximate surface area is 147 Å². The molecule has 4 nitrogen and oxygen atoms in total. The average Bonchev–Trinajstić information content (AvgIpc) is 2.87. The van der Waals surface area contributed by atoms with Crippen molar-refractivity contribution in [3.63, 3.8) is 0 Å². The third kappa shape index (κ3) is 1.60. The highest BCUT2D eigenvalue weighted by molar-refractivity contribution is 6.17. The minimum absolute atomic E-state index is 0.198. The van der Waals surface area contributed by atoms with Crippen molar-refractivity contribution in [1.29, 1.82) is 0 Å². The van der Waals surface area contributed by atoms with Crippen LogP contribution in [0.1, 0.15) is 19.3 Å². The molecule has 5 heteroatoms. The fourth-order valence-electron chi connectivity index (χ4n) is 6.26. The van der Waals surface area contributed by atoms with Crippen molar-refractivity contribution < 1.29 is 14.9 Å². The topological polar surface area (TPSA) is 52.9 Å². The summed E-state index contributed by atoms with van der Waals surface area (Å²) in [5.74, 6) is 0.765. The van der Waals surface area contributed by atoms with Crippen LogP contribution in [0.3, 0.4) is 0 Å². The number of likely N-dealkylation sites (tertiary alicyclic amines) is 1. The van der Waals surface area contributed by atoms with E-state index in [1.165, 1.54) is 11.1 Å². The van der Waals surface area contributed by atoms with E-state index in [0.717, 1.165) is 19.4 Å². The van der Waals surface area contributed by atoms with Gasteiger partial charge in [0.1, 0.15) is 11.7 Å². The van der Waals surface area contributed by atoms with Crippen molar-refractivity contribution in [2.45, 2.75) is 49.2 Å². The summed E-state index contributed by atoms with van der Waals surface area (Å²) >= 11 is 6.13. The van der Waals surface area contributed by atoms with Gasteiger partial charge in [-0.2, -0.15) is 0 Å². The zero-order valence-corrected chi connectivity index (χ0v) is 14.6. The predicted molar refractivity (Wildman–Crippen MR) is 91.8 cm³/mol. The number of alkyl halides is 1. The Balaban J connectivity index is 1.78. The van der Waals surface area contributed by atoms with Gasteiger partial charge in [0.05, 0.1) is 12.2 Å². The monoisotopic (exact) mass is 349 g/mol. The summed E-state index contributed by atoms with van der Waals surface area (Å²) in [6.45, 7) is 0.995. The quantitative estimate of drug-likeness (QED) is 0.587. The molecule has 5 aliphatic rings. The minimum atomic E-state index is -0.761. The van der Waals surface area contributed by atoms with Gasteiger partial charge in [0.15, 0.2) is 0 Å². The number of ether oxygens (including phenoxy) is 1. The lowest BCUT2D eigenvalue weighted by molar-refractivity contribution is -0.141. The SMILES string of the molecule is CN1CC[C@]23C4=C5C=CC(O)C4(CCCl)O[C@H]2[C@@H](O)C=C[C@H]3[C@H]1C5. The summed E-state index contributed by atoms with van der Waals surface area (Å²) in [4.78, 5) is 2.44. The molecule has 3 aliphatic carbocycles. The van der Waals surface area contributed by atoms with E-state index in [-0.39, 0.29) is 11.5 Å². The van der Waals surface area contributed by atoms with Gasteiger partial charge < -0.3 is 19.8 Å². The second-order valence-electron chi connectivity index (χ2n) is 8.01. The number of allylic oxidation sites excluding steroid dienone is 1. The lowest BCUT2D eigenvalue weighted by Gasteiger charge is -2.58. The lowest BCUT2D eigenvalue weighted by Crippen LogP contribution is -2.62. The summed E-state index contributed by atoms with van der Waals surface area (Å²) < 4.78 is 6.55. The van der Waals surface area contributed by atoms with E-state index in [9.17, 15) is 10.2 Å². The van der Waals surface area contributed by atoms with E-state index in [4.69, 9.17) is 16.3 Å². The number of hydrogen-bond donors (Lipinski definition) is 2. The standard InChI is InChI=1S/C19H24ClNO3/c1-21-9-7-18-12-3-4-14(22)17(18)24-19(6-8-20)15(23)5-2-11(16(18)19)10-13(12)21/h2-5,12-15,17,22-23H,6-10H2,1H3/t12-,13+,14-,15?,17-,18-,19?/m0/s1. The maximum absolute atomic E-state index is 10.9. The van der Waals surface area contributed by atoms with Crippen LogP contribution < -0.4 is 0 Å². The van der Waals surface area contributed by atoms with Crippen molar-refractivity contribution in [1.82, 2.24) is 4.90 Å². The summed E-state index contributed by atoms with van der Waals surface area (Å²) in [5.41, 5.74) is 1.58. The van der Waals surface area contributed by atoms with Crippen LogP contribution in [0.5, 0.6) is 0 Å². The van der Waals surface area contributed by atoms with Crippen LogP contribution in [0, 0.1) is 11.3 Å². The first kappa shape index (κ1) is 15.6. The number of aliphatic hydroxyl groups excluding tert-OH is 2. The molecule has 2 N–H and O–H groups in total. The molecule has 0 aromatic carbocycles. The molecular formula is C19H24ClNO3. The third-order valence-electron chi connectivity index (χ3n) is 7.19. The number of rotatable bonds is 2. The van der Waals surface area contributed by atoms with E-state index in [1.54, 1.807) is 0 Å². The van der Waals surface area contributed by atoms with Crippen LogP contribution in [0.25, 0.3) is 0 Å². The summed E-state index contributed by atoms with van der Waals surface area (Å²) in [5, 5.41) is 21.6. The van der Waals surface area contributed by atoms with Gasteiger partial charge in [0, 0.05) is 23.3 Å². The summed E-state index contributed by atoms with van der Waals surface area (Å²) in [6, 6.07) is 0.430. The van der Waals surface area contributed by atoms with E-state index in [1.807, 2.05) is 12.2 Å².